The van der Waals surface area contributed by atoms with Crippen molar-refractivity contribution >= 4 is 11.8 Å². The van der Waals surface area contributed by atoms with Crippen LogP contribution in [0.4, 0.5) is 8.78 Å². The first-order valence-corrected chi connectivity index (χ1v) is 5.43. The maximum absolute atomic E-state index is 12.7. The van der Waals surface area contributed by atoms with Gasteiger partial charge in [0.2, 0.25) is 0 Å². The topological polar surface area (TPSA) is 26.0 Å². The van der Waals surface area contributed by atoms with Gasteiger partial charge < -0.3 is 5.73 Å². The third-order valence-electron chi connectivity index (χ3n) is 2.14. The number of rotatable bonds is 3. The second-order valence-electron chi connectivity index (χ2n) is 3.28. The summed E-state index contributed by atoms with van der Waals surface area (Å²) < 4.78 is 25.4. The Morgan fingerprint density at radius 1 is 1.36 bits per heavy atom. The molecule has 0 aliphatic rings. The number of thioether (sulfide) groups is 1. The molecule has 2 N–H and O–H groups in total. The van der Waals surface area contributed by atoms with Gasteiger partial charge in [-0.3, -0.25) is 0 Å². The van der Waals surface area contributed by atoms with Gasteiger partial charge >= 0.3 is 0 Å². The molecule has 0 fully saturated rings. The van der Waals surface area contributed by atoms with Gasteiger partial charge in [-0.25, -0.2) is 8.78 Å². The zero-order chi connectivity index (χ0) is 10.8. The Kier molecular flexibility index (Phi) is 3.50. The molecule has 1 aromatic rings. The fourth-order valence-electron chi connectivity index (χ4n) is 1.21. The molecule has 1 atom stereocenters. The zero-order valence-corrected chi connectivity index (χ0v) is 8.94. The van der Waals surface area contributed by atoms with E-state index in [0.717, 1.165) is 4.90 Å². The Balaban J connectivity index is 3.17. The molecule has 0 spiro atoms. The molecular formula is C10H13F2NS. The Bertz CT molecular complexity index is 313. The lowest BCUT2D eigenvalue weighted by Gasteiger charge is -2.26. The van der Waals surface area contributed by atoms with Gasteiger partial charge in [-0.05, 0) is 24.8 Å². The third kappa shape index (κ3) is 2.07. The van der Waals surface area contributed by atoms with Crippen molar-refractivity contribution in [1.29, 1.82) is 0 Å². The summed E-state index contributed by atoms with van der Waals surface area (Å²) >= 11 is 1.43. The van der Waals surface area contributed by atoms with Crippen LogP contribution in [0.15, 0.2) is 29.2 Å². The summed E-state index contributed by atoms with van der Waals surface area (Å²) in [4.78, 5) is 0.804. The first kappa shape index (κ1) is 11.5. The largest absolute Gasteiger partial charge is 0.317 e. The van der Waals surface area contributed by atoms with Crippen LogP contribution in [0, 0.1) is 0 Å². The zero-order valence-electron chi connectivity index (χ0n) is 8.13. The summed E-state index contributed by atoms with van der Waals surface area (Å²) in [5.41, 5.74) is 4.53. The van der Waals surface area contributed by atoms with E-state index in [1.165, 1.54) is 18.7 Å². The van der Waals surface area contributed by atoms with Crippen LogP contribution < -0.4 is 5.73 Å². The second kappa shape index (κ2) is 4.28. The van der Waals surface area contributed by atoms with E-state index in [0.29, 0.717) is 5.56 Å². The van der Waals surface area contributed by atoms with Crippen LogP contribution in [0.1, 0.15) is 12.5 Å². The maximum Gasteiger partial charge on any atom is 0.260 e. The van der Waals surface area contributed by atoms with Crippen LogP contribution in [0.25, 0.3) is 0 Å². The van der Waals surface area contributed by atoms with E-state index in [1.807, 2.05) is 12.3 Å². The number of nitrogens with two attached hydrogens (primary N) is 1. The molecular weight excluding hydrogens is 204 g/mol. The molecule has 0 aliphatic heterocycles. The van der Waals surface area contributed by atoms with E-state index in [1.54, 1.807) is 18.2 Å². The molecule has 0 aliphatic carbocycles. The fraction of sp³-hybridized carbons (Fsp3) is 0.400. The Morgan fingerprint density at radius 3 is 2.43 bits per heavy atom. The van der Waals surface area contributed by atoms with Gasteiger partial charge in [0.25, 0.3) is 6.43 Å². The number of hydrogen-bond donors (Lipinski definition) is 1. The number of benzene rings is 1. The maximum atomic E-state index is 12.7. The monoisotopic (exact) mass is 217 g/mol. The van der Waals surface area contributed by atoms with Gasteiger partial charge in [-0.2, -0.15) is 0 Å². The highest BCUT2D eigenvalue weighted by Gasteiger charge is 2.33. The molecule has 0 saturated heterocycles. The minimum atomic E-state index is -2.56. The lowest BCUT2D eigenvalue weighted by molar-refractivity contribution is 0.0611. The summed E-state index contributed by atoms with van der Waals surface area (Å²) in [5.74, 6) is 0. The first-order valence-electron chi connectivity index (χ1n) is 4.20. The van der Waals surface area contributed by atoms with E-state index in [2.05, 4.69) is 0 Å². The number of hydrogen-bond acceptors (Lipinski definition) is 2. The molecule has 1 aromatic carbocycles. The molecule has 78 valence electrons. The van der Waals surface area contributed by atoms with Crippen molar-refractivity contribution in [3.63, 3.8) is 0 Å². The van der Waals surface area contributed by atoms with Crippen molar-refractivity contribution in [3.8, 4) is 0 Å². The molecule has 0 aromatic heterocycles. The van der Waals surface area contributed by atoms with Crippen molar-refractivity contribution in [3.05, 3.63) is 29.8 Å². The van der Waals surface area contributed by atoms with Crippen molar-refractivity contribution < 1.29 is 8.78 Å². The highest BCUT2D eigenvalue weighted by molar-refractivity contribution is 7.98. The molecule has 0 amide bonds. The van der Waals surface area contributed by atoms with Gasteiger partial charge in [0.05, 0.1) is 0 Å². The lowest BCUT2D eigenvalue weighted by Crippen LogP contribution is -2.41. The second-order valence-corrected chi connectivity index (χ2v) is 4.13. The standard InChI is InChI=1S/C10H13F2NS/c1-10(13,9(11)12)7-5-3-4-6-8(7)14-2/h3-6,9H,13H2,1-2H3. The van der Waals surface area contributed by atoms with Crippen LogP contribution in [0.2, 0.25) is 0 Å². The average molecular weight is 217 g/mol. The highest BCUT2D eigenvalue weighted by Crippen LogP contribution is 2.32. The molecule has 0 heterocycles. The molecule has 0 bridgehead atoms. The summed E-state index contributed by atoms with van der Waals surface area (Å²) in [7, 11) is 0. The lowest BCUT2D eigenvalue weighted by atomic mass is 9.94. The van der Waals surface area contributed by atoms with Crippen LogP contribution in [0.3, 0.4) is 0 Å². The van der Waals surface area contributed by atoms with Crippen molar-refractivity contribution in [2.75, 3.05) is 6.26 Å². The average Bonchev–Trinajstić information content (AvgIpc) is 2.17. The van der Waals surface area contributed by atoms with Crippen LogP contribution in [-0.4, -0.2) is 12.7 Å². The Labute approximate surface area is 86.7 Å². The van der Waals surface area contributed by atoms with Crippen molar-refractivity contribution in [2.24, 2.45) is 5.73 Å². The molecule has 0 saturated carbocycles. The summed E-state index contributed by atoms with van der Waals surface area (Å²) in [6, 6.07) is 6.99. The SMILES string of the molecule is CSc1ccccc1C(C)(N)C(F)F. The van der Waals surface area contributed by atoms with E-state index in [4.69, 9.17) is 5.73 Å². The predicted octanol–water partition coefficient (Wildman–Crippen LogP) is 2.85. The Morgan fingerprint density at radius 2 is 1.93 bits per heavy atom. The van der Waals surface area contributed by atoms with Gasteiger partial charge in [-0.1, -0.05) is 18.2 Å². The van der Waals surface area contributed by atoms with Crippen molar-refractivity contribution in [1.82, 2.24) is 0 Å². The first-order chi connectivity index (χ1) is 6.50. The van der Waals surface area contributed by atoms with Gasteiger partial charge in [0.1, 0.15) is 5.54 Å². The number of alkyl halides is 2. The fourth-order valence-corrected chi connectivity index (χ4v) is 1.93. The highest BCUT2D eigenvalue weighted by atomic mass is 32.2. The van der Waals surface area contributed by atoms with E-state index in [9.17, 15) is 8.78 Å². The van der Waals surface area contributed by atoms with Crippen LogP contribution in [-0.2, 0) is 5.54 Å². The minimum Gasteiger partial charge on any atom is -0.317 e. The van der Waals surface area contributed by atoms with Crippen LogP contribution >= 0.6 is 11.8 Å². The normalized spacial score (nSPS) is 15.6. The van der Waals surface area contributed by atoms with Gasteiger partial charge in [0, 0.05) is 4.90 Å². The number of halogens is 2. The van der Waals surface area contributed by atoms with Crippen LogP contribution in [0.5, 0.6) is 0 Å². The summed E-state index contributed by atoms with van der Waals surface area (Å²) in [6.07, 6.45) is -0.712. The molecule has 0 radical (unpaired) electrons. The van der Waals surface area contributed by atoms with E-state index >= 15 is 0 Å². The summed E-state index contributed by atoms with van der Waals surface area (Å²) in [5, 5.41) is 0. The quantitative estimate of drug-likeness (QED) is 0.788. The van der Waals surface area contributed by atoms with Crippen molar-refractivity contribution in [2.45, 2.75) is 23.8 Å². The molecule has 1 nitrogen and oxygen atoms in total. The Hall–Kier alpha value is -0.610. The van der Waals surface area contributed by atoms with E-state index in [-0.39, 0.29) is 0 Å². The van der Waals surface area contributed by atoms with Gasteiger partial charge in [0.15, 0.2) is 0 Å². The molecule has 1 unspecified atom stereocenters. The van der Waals surface area contributed by atoms with E-state index < -0.39 is 12.0 Å². The third-order valence-corrected chi connectivity index (χ3v) is 2.94. The molecule has 14 heavy (non-hydrogen) atoms. The molecule has 1 rings (SSSR count). The van der Waals surface area contributed by atoms with Gasteiger partial charge in [-0.15, -0.1) is 11.8 Å². The minimum absolute atomic E-state index is 0.502. The smallest absolute Gasteiger partial charge is 0.260 e. The predicted molar refractivity (Wildman–Crippen MR) is 55.8 cm³/mol. The molecule has 4 heteroatoms. The summed E-state index contributed by atoms with van der Waals surface area (Å²) in [6.45, 7) is 1.35.